The average Bonchev–Trinajstić information content (AvgIpc) is 2.73. The zero-order valence-corrected chi connectivity index (χ0v) is 16.5. The van der Waals surface area contributed by atoms with Gasteiger partial charge in [0.25, 0.3) is 0 Å². The summed E-state index contributed by atoms with van der Waals surface area (Å²) in [4.78, 5) is 12.7. The Balaban J connectivity index is 1.77. The van der Waals surface area contributed by atoms with Gasteiger partial charge < -0.3 is 10.1 Å². The fourth-order valence-corrected chi connectivity index (χ4v) is 3.07. The van der Waals surface area contributed by atoms with E-state index in [9.17, 15) is 4.79 Å². The van der Waals surface area contributed by atoms with Gasteiger partial charge in [0.1, 0.15) is 5.75 Å². The van der Waals surface area contributed by atoms with E-state index < -0.39 is 6.04 Å². The van der Waals surface area contributed by atoms with E-state index in [1.807, 2.05) is 43.3 Å². The van der Waals surface area contributed by atoms with Crippen LogP contribution in [0.3, 0.4) is 0 Å². The maximum absolute atomic E-state index is 12.7. The van der Waals surface area contributed by atoms with E-state index in [4.69, 9.17) is 4.74 Å². The second-order valence-electron chi connectivity index (χ2n) is 6.86. The molecule has 3 aromatic carbocycles. The predicted octanol–water partition coefficient (Wildman–Crippen LogP) is 4.71. The second kappa shape index (κ2) is 9.20. The molecule has 28 heavy (non-hydrogen) atoms. The molecule has 0 aliphatic carbocycles. The zero-order valence-electron chi connectivity index (χ0n) is 16.5. The molecule has 1 amide bonds. The summed E-state index contributed by atoms with van der Waals surface area (Å²) in [5.74, 6) is 0.613. The number of hydrogen-bond donors (Lipinski definition) is 2. The van der Waals surface area contributed by atoms with Crippen molar-refractivity contribution in [2.75, 3.05) is 12.4 Å². The lowest BCUT2D eigenvalue weighted by Gasteiger charge is -2.24. The molecular weight excluding hydrogens is 348 g/mol. The molecule has 4 nitrogen and oxygen atoms in total. The molecule has 0 radical (unpaired) electrons. The molecule has 0 aliphatic rings. The first kappa shape index (κ1) is 19.6. The predicted molar refractivity (Wildman–Crippen MR) is 114 cm³/mol. The highest BCUT2D eigenvalue weighted by atomic mass is 16.5. The second-order valence-corrected chi connectivity index (χ2v) is 6.86. The SMILES string of the molecule is COc1cccc(NC(=O)[C@@H](C)N[C@H](c2ccccc2)c2ccc(C)cc2)c1. The summed E-state index contributed by atoms with van der Waals surface area (Å²) >= 11 is 0. The fourth-order valence-electron chi connectivity index (χ4n) is 3.07. The van der Waals surface area contributed by atoms with E-state index in [2.05, 4.69) is 54.0 Å². The minimum absolute atomic E-state index is 0.0761. The van der Waals surface area contributed by atoms with Crippen LogP contribution in [0.15, 0.2) is 78.9 Å². The highest BCUT2D eigenvalue weighted by Gasteiger charge is 2.21. The Morgan fingerprint density at radius 1 is 0.893 bits per heavy atom. The average molecular weight is 374 g/mol. The number of carbonyl (C=O) groups is 1. The molecule has 0 aromatic heterocycles. The number of rotatable bonds is 7. The minimum atomic E-state index is -0.391. The van der Waals surface area contributed by atoms with Crippen molar-refractivity contribution in [2.45, 2.75) is 25.9 Å². The van der Waals surface area contributed by atoms with Crippen molar-refractivity contribution in [3.05, 3.63) is 95.6 Å². The van der Waals surface area contributed by atoms with E-state index in [1.165, 1.54) is 5.56 Å². The zero-order chi connectivity index (χ0) is 19.9. The Hall–Kier alpha value is -3.11. The third-order valence-electron chi connectivity index (χ3n) is 4.69. The molecule has 4 heteroatoms. The molecule has 0 fully saturated rings. The van der Waals surface area contributed by atoms with Crippen molar-refractivity contribution in [2.24, 2.45) is 0 Å². The third-order valence-corrected chi connectivity index (χ3v) is 4.69. The lowest BCUT2D eigenvalue weighted by Crippen LogP contribution is -2.40. The molecule has 144 valence electrons. The summed E-state index contributed by atoms with van der Waals surface area (Å²) in [6.07, 6.45) is 0. The van der Waals surface area contributed by atoms with E-state index in [0.29, 0.717) is 11.4 Å². The number of amides is 1. The van der Waals surface area contributed by atoms with Gasteiger partial charge in [0.2, 0.25) is 5.91 Å². The molecule has 0 unspecified atom stereocenters. The summed E-state index contributed by atoms with van der Waals surface area (Å²) < 4.78 is 5.22. The number of nitrogens with one attached hydrogen (secondary N) is 2. The molecule has 0 heterocycles. The van der Waals surface area contributed by atoms with Gasteiger partial charge in [-0.25, -0.2) is 0 Å². The smallest absolute Gasteiger partial charge is 0.241 e. The van der Waals surface area contributed by atoms with Crippen molar-refractivity contribution in [3.63, 3.8) is 0 Å². The van der Waals surface area contributed by atoms with E-state index >= 15 is 0 Å². The van der Waals surface area contributed by atoms with Gasteiger partial charge in [0.05, 0.1) is 19.2 Å². The highest BCUT2D eigenvalue weighted by molar-refractivity contribution is 5.94. The maximum Gasteiger partial charge on any atom is 0.241 e. The van der Waals surface area contributed by atoms with E-state index in [0.717, 1.165) is 11.1 Å². The van der Waals surface area contributed by atoms with Gasteiger partial charge in [-0.2, -0.15) is 0 Å². The number of hydrogen-bond acceptors (Lipinski definition) is 3. The molecule has 2 N–H and O–H groups in total. The van der Waals surface area contributed by atoms with Gasteiger partial charge >= 0.3 is 0 Å². The Morgan fingerprint density at radius 3 is 2.25 bits per heavy atom. The number of anilines is 1. The summed E-state index contributed by atoms with van der Waals surface area (Å²) in [5, 5.41) is 6.43. The molecule has 3 rings (SSSR count). The normalized spacial score (nSPS) is 12.8. The molecular formula is C24H26N2O2. The Kier molecular flexibility index (Phi) is 6.45. The molecule has 3 aromatic rings. The largest absolute Gasteiger partial charge is 0.497 e. The van der Waals surface area contributed by atoms with Crippen molar-refractivity contribution in [3.8, 4) is 5.75 Å². The van der Waals surface area contributed by atoms with Crippen LogP contribution in [-0.2, 0) is 4.79 Å². The molecule has 0 saturated heterocycles. The fraction of sp³-hybridized carbons (Fsp3) is 0.208. The number of aryl methyl sites for hydroxylation is 1. The molecule has 0 aliphatic heterocycles. The van der Waals surface area contributed by atoms with Crippen LogP contribution in [0.4, 0.5) is 5.69 Å². The topological polar surface area (TPSA) is 50.4 Å². The van der Waals surface area contributed by atoms with Crippen molar-refractivity contribution in [1.29, 1.82) is 0 Å². The number of methoxy groups -OCH3 is 1. The molecule has 2 atom stereocenters. The number of benzene rings is 3. The lowest BCUT2D eigenvalue weighted by atomic mass is 9.97. The van der Waals surface area contributed by atoms with Gasteiger partial charge in [0.15, 0.2) is 0 Å². The van der Waals surface area contributed by atoms with E-state index in [-0.39, 0.29) is 11.9 Å². The lowest BCUT2D eigenvalue weighted by molar-refractivity contribution is -0.117. The highest BCUT2D eigenvalue weighted by Crippen LogP contribution is 2.23. The minimum Gasteiger partial charge on any atom is -0.497 e. The summed E-state index contributed by atoms with van der Waals surface area (Å²) in [6.45, 7) is 3.94. The van der Waals surface area contributed by atoms with Crippen LogP contribution in [0.1, 0.15) is 29.7 Å². The molecule has 0 saturated carbocycles. The van der Waals surface area contributed by atoms with Crippen LogP contribution in [0.5, 0.6) is 5.75 Å². The molecule has 0 bridgehead atoms. The Morgan fingerprint density at radius 2 is 1.57 bits per heavy atom. The maximum atomic E-state index is 12.7. The summed E-state index contributed by atoms with van der Waals surface area (Å²) in [5.41, 5.74) is 4.16. The first-order valence-corrected chi connectivity index (χ1v) is 9.39. The third kappa shape index (κ3) is 4.99. The Bertz CT molecular complexity index is 907. The number of ether oxygens (including phenoxy) is 1. The van der Waals surface area contributed by atoms with Crippen LogP contribution in [-0.4, -0.2) is 19.1 Å². The van der Waals surface area contributed by atoms with Gasteiger partial charge in [0, 0.05) is 11.8 Å². The van der Waals surface area contributed by atoms with Crippen LogP contribution < -0.4 is 15.4 Å². The van der Waals surface area contributed by atoms with Gasteiger partial charge in [-0.3, -0.25) is 10.1 Å². The van der Waals surface area contributed by atoms with Gasteiger partial charge in [-0.05, 0) is 37.1 Å². The molecule has 0 spiro atoms. The van der Waals surface area contributed by atoms with Crippen LogP contribution in [0.2, 0.25) is 0 Å². The monoisotopic (exact) mass is 374 g/mol. The van der Waals surface area contributed by atoms with Crippen molar-refractivity contribution >= 4 is 11.6 Å². The quantitative estimate of drug-likeness (QED) is 0.630. The summed E-state index contributed by atoms with van der Waals surface area (Å²) in [7, 11) is 1.61. The van der Waals surface area contributed by atoms with E-state index in [1.54, 1.807) is 13.2 Å². The first-order chi connectivity index (χ1) is 13.6. The van der Waals surface area contributed by atoms with Crippen molar-refractivity contribution in [1.82, 2.24) is 5.32 Å². The van der Waals surface area contributed by atoms with Crippen LogP contribution in [0.25, 0.3) is 0 Å². The number of carbonyl (C=O) groups excluding carboxylic acids is 1. The van der Waals surface area contributed by atoms with Crippen molar-refractivity contribution < 1.29 is 9.53 Å². The van der Waals surface area contributed by atoms with Gasteiger partial charge in [-0.1, -0.05) is 66.2 Å². The van der Waals surface area contributed by atoms with Crippen LogP contribution >= 0.6 is 0 Å². The summed E-state index contributed by atoms with van der Waals surface area (Å²) in [6, 6.07) is 25.4. The van der Waals surface area contributed by atoms with Gasteiger partial charge in [-0.15, -0.1) is 0 Å². The Labute approximate surface area is 166 Å². The van der Waals surface area contributed by atoms with Crippen LogP contribution in [0, 0.1) is 6.92 Å². The standard InChI is InChI=1S/C24H26N2O2/c1-17-12-14-20(15-13-17)23(19-8-5-4-6-9-19)25-18(2)24(27)26-21-10-7-11-22(16-21)28-3/h4-16,18,23,25H,1-3H3,(H,26,27)/t18-,23-/m1/s1. The first-order valence-electron chi connectivity index (χ1n) is 9.39.